The van der Waals surface area contributed by atoms with E-state index in [4.69, 9.17) is 0 Å². The van der Waals surface area contributed by atoms with Gasteiger partial charge in [0.05, 0.1) is 40.0 Å². The number of anilines is 1. The Balaban J connectivity index is 1.61. The Hall–Kier alpha value is -4.53. The van der Waals surface area contributed by atoms with Crippen LogP contribution in [0, 0.1) is 21.4 Å². The van der Waals surface area contributed by atoms with Crippen LogP contribution < -0.4 is 4.90 Å². The summed E-state index contributed by atoms with van der Waals surface area (Å²) in [5, 5.41) is 20.7. The van der Waals surface area contributed by atoms with Gasteiger partial charge in [-0.1, -0.05) is 30.3 Å². The molecule has 11 heteroatoms. The van der Waals surface area contributed by atoms with Crippen molar-refractivity contribution in [3.63, 3.8) is 0 Å². The highest BCUT2D eigenvalue weighted by molar-refractivity contribution is 7.89. The third-order valence-electron chi connectivity index (χ3n) is 6.59. The van der Waals surface area contributed by atoms with Gasteiger partial charge in [0, 0.05) is 43.1 Å². The molecule has 0 fully saturated rings. The molecular weight excluding hydrogens is 504 g/mol. The summed E-state index contributed by atoms with van der Waals surface area (Å²) in [4.78, 5) is 20.0. The highest BCUT2D eigenvalue weighted by Gasteiger charge is 2.37. The Morgan fingerprint density at radius 3 is 2.53 bits per heavy atom. The van der Waals surface area contributed by atoms with Gasteiger partial charge in [0.25, 0.3) is 5.69 Å². The van der Waals surface area contributed by atoms with Crippen LogP contribution in [0.15, 0.2) is 90.2 Å². The fourth-order valence-electron chi connectivity index (χ4n) is 4.76. The number of nitrogens with one attached hydrogen (secondary N) is 1. The summed E-state index contributed by atoms with van der Waals surface area (Å²) in [6, 6.07) is 21.5. The monoisotopic (exact) mass is 528 g/mol. The minimum absolute atomic E-state index is 0.0279. The van der Waals surface area contributed by atoms with E-state index in [0.29, 0.717) is 30.6 Å². The SMILES string of the molecule is N#Cc1ccc2c(c1)CN(S(=O)(=O)c1ccc([N+](=O)[O-])cc1)C(Cc1ccccc1)CN2Cc1c[nH]cn1. The van der Waals surface area contributed by atoms with E-state index < -0.39 is 21.0 Å². The summed E-state index contributed by atoms with van der Waals surface area (Å²) >= 11 is 0. The van der Waals surface area contributed by atoms with Gasteiger partial charge in [0.15, 0.2) is 0 Å². The van der Waals surface area contributed by atoms with E-state index in [1.807, 2.05) is 36.4 Å². The number of nitrogens with zero attached hydrogens (tertiary/aromatic N) is 5. The molecule has 1 atom stereocenters. The van der Waals surface area contributed by atoms with E-state index in [1.165, 1.54) is 28.6 Å². The molecule has 1 aromatic heterocycles. The van der Waals surface area contributed by atoms with E-state index >= 15 is 0 Å². The third kappa shape index (κ3) is 5.13. The van der Waals surface area contributed by atoms with Crippen molar-refractivity contribution >= 4 is 21.4 Å². The van der Waals surface area contributed by atoms with Crippen LogP contribution in [0.5, 0.6) is 0 Å². The minimum Gasteiger partial charge on any atom is -0.364 e. The van der Waals surface area contributed by atoms with Gasteiger partial charge in [0.1, 0.15) is 0 Å². The van der Waals surface area contributed by atoms with Gasteiger partial charge < -0.3 is 9.88 Å². The molecule has 5 rings (SSSR count). The van der Waals surface area contributed by atoms with Crippen LogP contribution in [-0.2, 0) is 29.5 Å². The first kappa shape index (κ1) is 25.1. The van der Waals surface area contributed by atoms with Crippen LogP contribution in [0.3, 0.4) is 0 Å². The summed E-state index contributed by atoms with van der Waals surface area (Å²) < 4.78 is 29.6. The second-order valence-corrected chi connectivity index (χ2v) is 10.9. The number of nitro benzene ring substituents is 1. The first-order chi connectivity index (χ1) is 18.3. The molecule has 0 aliphatic carbocycles. The van der Waals surface area contributed by atoms with E-state index in [0.717, 1.165) is 16.9 Å². The Morgan fingerprint density at radius 1 is 1.11 bits per heavy atom. The van der Waals surface area contributed by atoms with Gasteiger partial charge in [0.2, 0.25) is 10.0 Å². The number of non-ortho nitro benzene ring substituents is 1. The number of rotatable bonds is 7. The number of nitriles is 1. The van der Waals surface area contributed by atoms with Crippen molar-refractivity contribution in [1.29, 1.82) is 5.26 Å². The standard InChI is InChI=1S/C27H24N6O4S/c28-14-21-6-11-27-22(12-21)16-32(38(36,37)26-9-7-24(8-10-26)33(34)35)25(13-20-4-2-1-3-5-20)18-31(27)17-23-15-29-19-30-23/h1-12,15,19,25H,13,16-18H2,(H,29,30). The van der Waals surface area contributed by atoms with E-state index in [-0.39, 0.29) is 17.1 Å². The maximum absolute atomic E-state index is 14.1. The Bertz CT molecular complexity index is 1580. The summed E-state index contributed by atoms with van der Waals surface area (Å²) in [5.41, 5.74) is 3.54. The molecule has 0 amide bonds. The number of aromatic amines is 1. The van der Waals surface area contributed by atoms with Crippen LogP contribution in [0.2, 0.25) is 0 Å². The number of hydrogen-bond acceptors (Lipinski definition) is 7. The first-order valence-electron chi connectivity index (χ1n) is 11.9. The summed E-state index contributed by atoms with van der Waals surface area (Å²) in [5.74, 6) is 0. The Morgan fingerprint density at radius 2 is 1.87 bits per heavy atom. The lowest BCUT2D eigenvalue weighted by atomic mass is 10.1. The number of nitro groups is 1. The molecule has 4 aromatic rings. The van der Waals surface area contributed by atoms with Gasteiger partial charge in [-0.3, -0.25) is 10.1 Å². The molecule has 1 unspecified atom stereocenters. The lowest BCUT2D eigenvalue weighted by Gasteiger charge is -2.32. The molecule has 2 heterocycles. The average molecular weight is 529 g/mol. The van der Waals surface area contributed by atoms with Gasteiger partial charge in [-0.15, -0.1) is 0 Å². The molecule has 0 bridgehead atoms. The zero-order valence-corrected chi connectivity index (χ0v) is 21.1. The Kier molecular flexibility index (Phi) is 6.91. The van der Waals surface area contributed by atoms with Crippen molar-refractivity contribution in [2.45, 2.75) is 30.4 Å². The lowest BCUT2D eigenvalue weighted by Crippen LogP contribution is -2.45. The van der Waals surface area contributed by atoms with Crippen LogP contribution in [-0.4, -0.2) is 40.2 Å². The van der Waals surface area contributed by atoms with Crippen LogP contribution in [0.1, 0.15) is 22.4 Å². The van der Waals surface area contributed by atoms with Gasteiger partial charge in [-0.25, -0.2) is 13.4 Å². The maximum Gasteiger partial charge on any atom is 0.269 e. The number of imidazole rings is 1. The van der Waals surface area contributed by atoms with E-state index in [1.54, 1.807) is 24.7 Å². The van der Waals surface area contributed by atoms with E-state index in [9.17, 15) is 23.8 Å². The molecule has 0 spiro atoms. The predicted molar refractivity (Wildman–Crippen MR) is 141 cm³/mol. The molecule has 1 aliphatic rings. The summed E-state index contributed by atoms with van der Waals surface area (Å²) in [7, 11) is -4.07. The molecule has 0 saturated carbocycles. The van der Waals surface area contributed by atoms with Crippen LogP contribution in [0.4, 0.5) is 11.4 Å². The number of fused-ring (bicyclic) bond motifs is 1. The fraction of sp³-hybridized carbons (Fsp3) is 0.185. The highest BCUT2D eigenvalue weighted by Crippen LogP contribution is 2.34. The van der Waals surface area contributed by atoms with Gasteiger partial charge in [-0.2, -0.15) is 9.57 Å². The lowest BCUT2D eigenvalue weighted by molar-refractivity contribution is -0.384. The zero-order chi connectivity index (χ0) is 26.7. The molecule has 0 radical (unpaired) electrons. The number of H-pyrrole nitrogens is 1. The first-order valence-corrected chi connectivity index (χ1v) is 13.3. The van der Waals surface area contributed by atoms with Crippen molar-refractivity contribution in [3.05, 3.63) is 118 Å². The average Bonchev–Trinajstić information content (AvgIpc) is 3.39. The normalized spacial score (nSPS) is 15.9. The molecule has 192 valence electrons. The van der Waals surface area contributed by atoms with Crippen molar-refractivity contribution in [2.75, 3.05) is 11.4 Å². The summed E-state index contributed by atoms with van der Waals surface area (Å²) in [6.45, 7) is 0.852. The zero-order valence-electron chi connectivity index (χ0n) is 20.3. The molecule has 10 nitrogen and oxygen atoms in total. The molecular formula is C27H24N6O4S. The van der Waals surface area contributed by atoms with Crippen molar-refractivity contribution in [2.24, 2.45) is 0 Å². The fourth-order valence-corrected chi connectivity index (χ4v) is 6.36. The smallest absolute Gasteiger partial charge is 0.269 e. The van der Waals surface area contributed by atoms with E-state index in [2.05, 4.69) is 20.9 Å². The quantitative estimate of drug-likeness (QED) is 0.283. The summed E-state index contributed by atoms with van der Waals surface area (Å²) in [6.07, 6.45) is 3.84. The minimum atomic E-state index is -4.07. The molecule has 1 N–H and O–H groups in total. The number of benzene rings is 3. The molecule has 38 heavy (non-hydrogen) atoms. The second kappa shape index (κ2) is 10.5. The van der Waals surface area contributed by atoms with Crippen molar-refractivity contribution < 1.29 is 13.3 Å². The number of aromatic nitrogens is 2. The predicted octanol–water partition coefficient (Wildman–Crippen LogP) is 4.01. The molecule has 3 aromatic carbocycles. The van der Waals surface area contributed by atoms with Gasteiger partial charge in [-0.05, 0) is 47.9 Å². The molecule has 1 aliphatic heterocycles. The molecule has 0 saturated heterocycles. The van der Waals surface area contributed by atoms with Crippen LogP contribution in [0.25, 0.3) is 0 Å². The Labute approximate surface area is 220 Å². The number of sulfonamides is 1. The largest absolute Gasteiger partial charge is 0.364 e. The number of hydrogen-bond donors (Lipinski definition) is 1. The maximum atomic E-state index is 14.1. The van der Waals surface area contributed by atoms with Gasteiger partial charge >= 0.3 is 0 Å². The van der Waals surface area contributed by atoms with Crippen LogP contribution >= 0.6 is 0 Å². The third-order valence-corrected chi connectivity index (χ3v) is 8.50. The topological polar surface area (TPSA) is 136 Å². The van der Waals surface area contributed by atoms with Crippen molar-refractivity contribution in [1.82, 2.24) is 14.3 Å². The second-order valence-electron chi connectivity index (χ2n) is 9.04. The highest BCUT2D eigenvalue weighted by atomic mass is 32.2. The van der Waals surface area contributed by atoms with Crippen molar-refractivity contribution in [3.8, 4) is 6.07 Å².